The summed E-state index contributed by atoms with van der Waals surface area (Å²) in [5.41, 5.74) is 1.36. The highest BCUT2D eigenvalue weighted by molar-refractivity contribution is 5.84. The minimum Gasteiger partial charge on any atom is -0.424 e. The summed E-state index contributed by atoms with van der Waals surface area (Å²) in [7, 11) is 1.95. The summed E-state index contributed by atoms with van der Waals surface area (Å²) in [4.78, 5) is 17.1. The van der Waals surface area contributed by atoms with Gasteiger partial charge in [0.05, 0.1) is 12.5 Å². The molecule has 1 unspecified atom stereocenters. The first-order valence-corrected chi connectivity index (χ1v) is 9.92. The molecule has 0 aliphatic carbocycles. The fraction of sp³-hybridized carbons (Fsp3) is 0.571. The molecule has 0 radical (unpaired) electrons. The maximum Gasteiger partial charge on any atom is 0.230 e. The van der Waals surface area contributed by atoms with Crippen LogP contribution in [-0.2, 0) is 17.8 Å². The van der Waals surface area contributed by atoms with Crippen molar-refractivity contribution in [1.29, 1.82) is 0 Å². The van der Waals surface area contributed by atoms with Crippen LogP contribution in [0.3, 0.4) is 0 Å². The summed E-state index contributed by atoms with van der Waals surface area (Å²) in [6, 6.07) is 10.2. The van der Waals surface area contributed by atoms with Crippen molar-refractivity contribution in [3.8, 4) is 0 Å². The quantitative estimate of drug-likeness (QED) is 0.830. The normalized spacial score (nSPS) is 23.1. The lowest BCUT2D eigenvalue weighted by Crippen LogP contribution is -2.52. The zero-order chi connectivity index (χ0) is 18.9. The number of hydrogen-bond acceptors (Lipinski definition) is 5. The number of aryl methyl sites for hydroxylation is 1. The van der Waals surface area contributed by atoms with Crippen LogP contribution in [0.15, 0.2) is 34.7 Å². The van der Waals surface area contributed by atoms with Gasteiger partial charge in [0.15, 0.2) is 0 Å². The number of nitrogens with zero attached hydrogens (tertiary/aromatic N) is 4. The van der Waals surface area contributed by atoms with E-state index in [0.29, 0.717) is 11.8 Å². The molecule has 1 amide bonds. The molecule has 0 bridgehead atoms. The Balaban J connectivity index is 1.42. The van der Waals surface area contributed by atoms with Gasteiger partial charge >= 0.3 is 0 Å². The standard InChI is InChI=1S/C21H28N4O2/c1-3-18-22-23-19(27-18)14-25-11-9-21(10-12-25)13-17(20(26)24(2)15-21)16-7-5-4-6-8-16/h4-8,17H,3,9-15H2,1-2H3. The SMILES string of the molecule is CCc1nnc(CN2CCC3(CC2)CC(c2ccccc2)C(=O)N(C)C3)o1. The second-order valence-corrected chi connectivity index (χ2v) is 8.08. The van der Waals surface area contributed by atoms with E-state index in [9.17, 15) is 4.79 Å². The second kappa shape index (κ2) is 7.43. The number of rotatable bonds is 4. The highest BCUT2D eigenvalue weighted by atomic mass is 16.4. The molecule has 144 valence electrons. The van der Waals surface area contributed by atoms with Gasteiger partial charge in [-0.15, -0.1) is 10.2 Å². The third kappa shape index (κ3) is 3.76. The lowest BCUT2D eigenvalue weighted by Gasteiger charge is -2.49. The lowest BCUT2D eigenvalue weighted by atomic mass is 9.68. The van der Waals surface area contributed by atoms with Crippen molar-refractivity contribution in [2.45, 2.75) is 45.1 Å². The Morgan fingerprint density at radius 3 is 2.52 bits per heavy atom. The van der Waals surface area contributed by atoms with Gasteiger partial charge in [-0.3, -0.25) is 9.69 Å². The summed E-state index contributed by atoms with van der Waals surface area (Å²) in [5.74, 6) is 1.66. The Hall–Kier alpha value is -2.21. The van der Waals surface area contributed by atoms with E-state index in [1.807, 2.05) is 37.1 Å². The molecule has 2 aliphatic rings. The smallest absolute Gasteiger partial charge is 0.230 e. The van der Waals surface area contributed by atoms with Crippen LogP contribution in [0.25, 0.3) is 0 Å². The van der Waals surface area contributed by atoms with Gasteiger partial charge in [0.25, 0.3) is 0 Å². The van der Waals surface area contributed by atoms with E-state index in [1.165, 1.54) is 0 Å². The number of likely N-dealkylation sites (N-methyl/N-ethyl adjacent to an activating group) is 1. The molecule has 6 nitrogen and oxygen atoms in total. The van der Waals surface area contributed by atoms with E-state index < -0.39 is 0 Å². The van der Waals surface area contributed by atoms with Crippen LogP contribution in [-0.4, -0.2) is 52.6 Å². The first-order valence-electron chi connectivity index (χ1n) is 9.92. The Kier molecular flexibility index (Phi) is 5.00. The van der Waals surface area contributed by atoms with Crippen LogP contribution in [0.2, 0.25) is 0 Å². The van der Waals surface area contributed by atoms with Crippen molar-refractivity contribution in [2.24, 2.45) is 5.41 Å². The molecular weight excluding hydrogens is 340 g/mol. The van der Waals surface area contributed by atoms with Crippen molar-refractivity contribution in [1.82, 2.24) is 20.0 Å². The number of benzene rings is 1. The van der Waals surface area contributed by atoms with Gasteiger partial charge in [0, 0.05) is 20.0 Å². The van der Waals surface area contributed by atoms with Gasteiger partial charge in [0.2, 0.25) is 17.7 Å². The summed E-state index contributed by atoms with van der Waals surface area (Å²) < 4.78 is 5.66. The van der Waals surface area contributed by atoms with E-state index in [4.69, 9.17) is 4.42 Å². The van der Waals surface area contributed by atoms with Gasteiger partial charge in [-0.25, -0.2) is 0 Å². The van der Waals surface area contributed by atoms with E-state index in [1.54, 1.807) is 0 Å². The number of carbonyl (C=O) groups is 1. The maximum atomic E-state index is 12.8. The van der Waals surface area contributed by atoms with Crippen molar-refractivity contribution >= 4 is 5.91 Å². The molecule has 0 saturated carbocycles. The molecule has 1 aromatic carbocycles. The highest BCUT2D eigenvalue weighted by Crippen LogP contribution is 2.45. The van der Waals surface area contributed by atoms with E-state index in [0.717, 1.165) is 57.4 Å². The van der Waals surface area contributed by atoms with Crippen molar-refractivity contribution in [3.63, 3.8) is 0 Å². The number of likely N-dealkylation sites (tertiary alicyclic amines) is 2. The maximum absolute atomic E-state index is 12.8. The van der Waals surface area contributed by atoms with Crippen LogP contribution in [0.5, 0.6) is 0 Å². The lowest BCUT2D eigenvalue weighted by molar-refractivity contribution is -0.139. The number of piperidine rings is 2. The summed E-state index contributed by atoms with van der Waals surface area (Å²) in [5, 5.41) is 8.21. The highest BCUT2D eigenvalue weighted by Gasteiger charge is 2.45. The van der Waals surface area contributed by atoms with E-state index >= 15 is 0 Å². The molecule has 4 rings (SSSR count). The number of carbonyl (C=O) groups excluding carboxylic acids is 1. The monoisotopic (exact) mass is 368 g/mol. The van der Waals surface area contributed by atoms with Gasteiger partial charge in [0.1, 0.15) is 0 Å². The van der Waals surface area contributed by atoms with Gasteiger partial charge < -0.3 is 9.32 Å². The molecule has 2 fully saturated rings. The molecule has 2 aromatic rings. The minimum absolute atomic E-state index is 0.0143. The largest absolute Gasteiger partial charge is 0.424 e. The van der Waals surface area contributed by atoms with Gasteiger partial charge in [-0.2, -0.15) is 0 Å². The molecule has 6 heteroatoms. The zero-order valence-corrected chi connectivity index (χ0v) is 16.2. The molecule has 2 aliphatic heterocycles. The number of hydrogen-bond donors (Lipinski definition) is 0. The molecule has 1 atom stereocenters. The van der Waals surface area contributed by atoms with Crippen molar-refractivity contribution < 1.29 is 9.21 Å². The van der Waals surface area contributed by atoms with E-state index in [-0.39, 0.29) is 17.2 Å². The minimum atomic E-state index is -0.0143. The first kappa shape index (κ1) is 18.2. The topological polar surface area (TPSA) is 62.5 Å². The van der Waals surface area contributed by atoms with Crippen molar-refractivity contribution in [2.75, 3.05) is 26.7 Å². The summed E-state index contributed by atoms with van der Waals surface area (Å²) in [6.45, 7) is 5.62. The van der Waals surface area contributed by atoms with Crippen molar-refractivity contribution in [3.05, 3.63) is 47.7 Å². The van der Waals surface area contributed by atoms with Gasteiger partial charge in [-0.1, -0.05) is 37.3 Å². The van der Waals surface area contributed by atoms with Crippen LogP contribution >= 0.6 is 0 Å². The molecule has 27 heavy (non-hydrogen) atoms. The van der Waals surface area contributed by atoms with Crippen LogP contribution in [0.1, 0.15) is 49.4 Å². The third-order valence-corrected chi connectivity index (χ3v) is 6.17. The molecule has 2 saturated heterocycles. The predicted molar refractivity (Wildman–Crippen MR) is 102 cm³/mol. The number of aromatic nitrogens is 2. The fourth-order valence-corrected chi connectivity index (χ4v) is 4.61. The molecule has 1 aromatic heterocycles. The predicted octanol–water partition coefficient (Wildman–Crippen LogP) is 2.86. The summed E-state index contributed by atoms with van der Waals surface area (Å²) in [6.07, 6.45) is 3.93. The summed E-state index contributed by atoms with van der Waals surface area (Å²) >= 11 is 0. The fourth-order valence-electron chi connectivity index (χ4n) is 4.61. The average molecular weight is 368 g/mol. The Morgan fingerprint density at radius 1 is 1.15 bits per heavy atom. The Bertz CT molecular complexity index is 780. The molecule has 0 N–H and O–H groups in total. The van der Waals surface area contributed by atoms with Crippen LogP contribution < -0.4 is 0 Å². The molecular formula is C21H28N4O2. The molecule has 1 spiro atoms. The second-order valence-electron chi connectivity index (χ2n) is 8.08. The first-order chi connectivity index (χ1) is 13.1. The van der Waals surface area contributed by atoms with Crippen LogP contribution in [0, 0.1) is 5.41 Å². The Labute approximate surface area is 160 Å². The molecule has 3 heterocycles. The van der Waals surface area contributed by atoms with E-state index in [2.05, 4.69) is 27.2 Å². The number of amides is 1. The third-order valence-electron chi connectivity index (χ3n) is 6.17. The average Bonchev–Trinajstić information content (AvgIpc) is 3.15. The Morgan fingerprint density at radius 2 is 1.85 bits per heavy atom. The zero-order valence-electron chi connectivity index (χ0n) is 16.2. The van der Waals surface area contributed by atoms with Gasteiger partial charge in [-0.05, 0) is 43.3 Å². The van der Waals surface area contributed by atoms with Crippen LogP contribution in [0.4, 0.5) is 0 Å².